The van der Waals surface area contributed by atoms with Crippen molar-refractivity contribution in [3.05, 3.63) is 57.5 Å². The number of amides is 1. The molecule has 3 aromatic rings. The molecule has 2 aromatic carbocycles. The lowest BCUT2D eigenvalue weighted by Gasteiger charge is -2.10. The third-order valence-corrected chi connectivity index (χ3v) is 3.91. The summed E-state index contributed by atoms with van der Waals surface area (Å²) in [6, 6.07) is 7.03. The van der Waals surface area contributed by atoms with Crippen molar-refractivity contribution >= 4 is 57.3 Å². The van der Waals surface area contributed by atoms with Crippen LogP contribution < -0.4 is 10.1 Å². The first-order valence-electron chi connectivity index (χ1n) is 6.91. The van der Waals surface area contributed by atoms with Crippen LogP contribution in [-0.4, -0.2) is 22.5 Å². The summed E-state index contributed by atoms with van der Waals surface area (Å²) in [4.78, 5) is 20.0. The number of fused-ring (bicyclic) bond motifs is 1. The average Bonchev–Trinajstić information content (AvgIpc) is 2.55. The molecule has 1 amide bonds. The van der Waals surface area contributed by atoms with Gasteiger partial charge in [-0.05, 0) is 30.3 Å². The Bertz CT molecular complexity index is 969. The lowest BCUT2D eigenvalue weighted by molar-refractivity contribution is -0.118. The quantitative estimate of drug-likeness (QED) is 0.686. The zero-order valence-corrected chi connectivity index (χ0v) is 14.7. The first-order chi connectivity index (χ1) is 11.9. The van der Waals surface area contributed by atoms with Crippen LogP contribution in [0.1, 0.15) is 0 Å². The van der Waals surface area contributed by atoms with Gasteiger partial charge in [0.05, 0.1) is 21.6 Å². The molecule has 0 saturated carbocycles. The van der Waals surface area contributed by atoms with Gasteiger partial charge in [-0.2, -0.15) is 0 Å². The molecule has 25 heavy (non-hydrogen) atoms. The van der Waals surface area contributed by atoms with Gasteiger partial charge in [-0.15, -0.1) is 0 Å². The van der Waals surface area contributed by atoms with Crippen molar-refractivity contribution in [2.24, 2.45) is 0 Å². The molecule has 0 fully saturated rings. The second kappa shape index (κ2) is 7.39. The minimum Gasteiger partial charge on any atom is -0.467 e. The van der Waals surface area contributed by atoms with E-state index in [1.807, 2.05) is 0 Å². The molecular weight excluding hydrogens is 392 g/mol. The number of benzene rings is 2. The normalized spacial score (nSPS) is 10.7. The minimum absolute atomic E-state index is 0.00312. The van der Waals surface area contributed by atoms with Gasteiger partial charge in [0, 0.05) is 10.0 Å². The topological polar surface area (TPSA) is 64.1 Å². The largest absolute Gasteiger partial charge is 0.467 e. The molecule has 0 bridgehead atoms. The Hall–Kier alpha value is -2.15. The molecule has 0 aliphatic rings. The summed E-state index contributed by atoms with van der Waals surface area (Å²) < 4.78 is 19.1. The highest BCUT2D eigenvalue weighted by atomic mass is 35.5. The van der Waals surface area contributed by atoms with Gasteiger partial charge in [-0.1, -0.05) is 34.8 Å². The van der Waals surface area contributed by atoms with Crippen LogP contribution in [0.25, 0.3) is 10.9 Å². The SMILES string of the molecule is O=C(COc1ncnc2c(Cl)cc(Cl)cc12)Nc1ccc(Cl)cc1F. The third-order valence-electron chi connectivity index (χ3n) is 3.17. The predicted octanol–water partition coefficient (Wildman–Crippen LogP) is 4.75. The maximum absolute atomic E-state index is 13.7. The van der Waals surface area contributed by atoms with Gasteiger partial charge in [-0.25, -0.2) is 14.4 Å². The molecule has 0 radical (unpaired) electrons. The highest BCUT2D eigenvalue weighted by Crippen LogP contribution is 2.30. The summed E-state index contributed by atoms with van der Waals surface area (Å²) in [5.74, 6) is -1.07. The van der Waals surface area contributed by atoms with E-state index >= 15 is 0 Å². The van der Waals surface area contributed by atoms with E-state index in [1.165, 1.54) is 24.5 Å². The Balaban J connectivity index is 1.75. The maximum atomic E-state index is 13.7. The van der Waals surface area contributed by atoms with Gasteiger partial charge in [0.15, 0.2) is 6.61 Å². The highest BCUT2D eigenvalue weighted by molar-refractivity contribution is 6.38. The van der Waals surface area contributed by atoms with Crippen LogP contribution in [0.4, 0.5) is 10.1 Å². The van der Waals surface area contributed by atoms with Crippen molar-refractivity contribution in [3.63, 3.8) is 0 Å². The van der Waals surface area contributed by atoms with E-state index in [4.69, 9.17) is 39.5 Å². The molecule has 0 spiro atoms. The molecule has 0 aliphatic heterocycles. The van der Waals surface area contributed by atoms with Crippen molar-refractivity contribution in [2.75, 3.05) is 11.9 Å². The lowest BCUT2D eigenvalue weighted by Crippen LogP contribution is -2.21. The predicted molar refractivity (Wildman–Crippen MR) is 95.1 cm³/mol. The Kier molecular flexibility index (Phi) is 5.22. The summed E-state index contributed by atoms with van der Waals surface area (Å²) in [6.45, 7) is -0.391. The van der Waals surface area contributed by atoms with Crippen LogP contribution in [0, 0.1) is 5.82 Å². The summed E-state index contributed by atoms with van der Waals surface area (Å²) in [6.07, 6.45) is 1.26. The van der Waals surface area contributed by atoms with Gasteiger partial charge in [0.25, 0.3) is 5.91 Å². The molecule has 0 unspecified atom stereocenters. The molecule has 3 rings (SSSR count). The Morgan fingerprint density at radius 3 is 2.68 bits per heavy atom. The summed E-state index contributed by atoms with van der Waals surface area (Å²) in [5.41, 5.74) is 0.442. The Morgan fingerprint density at radius 1 is 1.12 bits per heavy atom. The van der Waals surface area contributed by atoms with E-state index < -0.39 is 18.3 Å². The van der Waals surface area contributed by atoms with E-state index in [-0.39, 0.29) is 16.6 Å². The van der Waals surface area contributed by atoms with E-state index in [0.29, 0.717) is 20.9 Å². The molecule has 1 heterocycles. The number of nitrogens with one attached hydrogen (secondary N) is 1. The molecule has 0 atom stereocenters. The number of carbonyl (C=O) groups is 1. The monoisotopic (exact) mass is 399 g/mol. The van der Waals surface area contributed by atoms with Gasteiger partial charge >= 0.3 is 0 Å². The van der Waals surface area contributed by atoms with Crippen molar-refractivity contribution in [3.8, 4) is 5.88 Å². The van der Waals surface area contributed by atoms with Crippen LogP contribution in [-0.2, 0) is 4.79 Å². The van der Waals surface area contributed by atoms with Crippen LogP contribution in [0.3, 0.4) is 0 Å². The third kappa shape index (κ3) is 4.10. The van der Waals surface area contributed by atoms with Gasteiger partial charge in [-0.3, -0.25) is 4.79 Å². The van der Waals surface area contributed by atoms with E-state index in [1.54, 1.807) is 6.07 Å². The second-order valence-electron chi connectivity index (χ2n) is 4.92. The zero-order chi connectivity index (χ0) is 18.0. The van der Waals surface area contributed by atoms with Crippen molar-refractivity contribution in [1.29, 1.82) is 0 Å². The van der Waals surface area contributed by atoms with Crippen molar-refractivity contribution < 1.29 is 13.9 Å². The fraction of sp³-hybridized carbons (Fsp3) is 0.0625. The van der Waals surface area contributed by atoms with Crippen molar-refractivity contribution in [2.45, 2.75) is 0 Å². The van der Waals surface area contributed by atoms with E-state index in [2.05, 4.69) is 15.3 Å². The summed E-state index contributed by atoms with van der Waals surface area (Å²) in [7, 11) is 0. The average molecular weight is 401 g/mol. The number of hydrogen-bond donors (Lipinski definition) is 1. The van der Waals surface area contributed by atoms with E-state index in [9.17, 15) is 9.18 Å². The molecular formula is C16H9Cl3FN3O2. The summed E-state index contributed by atoms with van der Waals surface area (Å²) in [5, 5.41) is 3.79. The minimum atomic E-state index is -0.646. The molecule has 0 aliphatic carbocycles. The van der Waals surface area contributed by atoms with E-state index in [0.717, 1.165) is 6.07 Å². The number of halogens is 4. The molecule has 9 heteroatoms. The maximum Gasteiger partial charge on any atom is 0.262 e. The second-order valence-corrected chi connectivity index (χ2v) is 6.20. The number of carbonyl (C=O) groups excluding carboxylic acids is 1. The number of nitrogens with zero attached hydrogens (tertiary/aromatic N) is 2. The number of aromatic nitrogens is 2. The lowest BCUT2D eigenvalue weighted by atomic mass is 10.2. The van der Waals surface area contributed by atoms with Crippen LogP contribution in [0.5, 0.6) is 5.88 Å². The molecule has 1 N–H and O–H groups in total. The number of anilines is 1. The molecule has 0 saturated heterocycles. The van der Waals surface area contributed by atoms with Crippen LogP contribution >= 0.6 is 34.8 Å². The Labute approximate surface area is 156 Å². The van der Waals surface area contributed by atoms with Crippen LogP contribution in [0.15, 0.2) is 36.7 Å². The fourth-order valence-corrected chi connectivity index (χ4v) is 2.80. The zero-order valence-electron chi connectivity index (χ0n) is 12.4. The van der Waals surface area contributed by atoms with Gasteiger partial charge in [0.2, 0.25) is 5.88 Å². The Morgan fingerprint density at radius 2 is 1.92 bits per heavy atom. The molecule has 128 valence electrons. The van der Waals surface area contributed by atoms with Gasteiger partial charge in [0.1, 0.15) is 12.1 Å². The highest BCUT2D eigenvalue weighted by Gasteiger charge is 2.12. The number of hydrogen-bond acceptors (Lipinski definition) is 4. The fourth-order valence-electron chi connectivity index (χ4n) is 2.09. The standard InChI is InChI=1S/C16H9Cl3FN3O2/c17-8-1-2-13(12(20)5-8)23-14(24)6-25-16-10-3-9(18)4-11(19)15(10)21-7-22-16/h1-5,7H,6H2,(H,23,24). The summed E-state index contributed by atoms with van der Waals surface area (Å²) >= 11 is 17.7. The van der Waals surface area contributed by atoms with Crippen molar-refractivity contribution in [1.82, 2.24) is 9.97 Å². The van der Waals surface area contributed by atoms with Crippen LogP contribution in [0.2, 0.25) is 15.1 Å². The first-order valence-corrected chi connectivity index (χ1v) is 8.05. The smallest absolute Gasteiger partial charge is 0.262 e. The number of ether oxygens (including phenoxy) is 1. The van der Waals surface area contributed by atoms with Gasteiger partial charge < -0.3 is 10.1 Å². The first kappa shape index (κ1) is 17.7. The molecule has 1 aromatic heterocycles. The number of rotatable bonds is 4. The molecule has 5 nitrogen and oxygen atoms in total.